The minimum atomic E-state index is -3.18. The molecule has 2 rings (SSSR count). The van der Waals surface area contributed by atoms with E-state index in [-0.39, 0.29) is 23.3 Å². The molecular formula is C13H25N3O4S. The summed E-state index contributed by atoms with van der Waals surface area (Å²) in [5, 5.41) is 2.83. The molecule has 8 heteroatoms. The minimum absolute atomic E-state index is 0.0557. The molecule has 21 heavy (non-hydrogen) atoms. The van der Waals surface area contributed by atoms with Gasteiger partial charge in [-0.1, -0.05) is 13.8 Å². The van der Waals surface area contributed by atoms with Crippen LogP contribution >= 0.6 is 0 Å². The second kappa shape index (κ2) is 5.49. The number of rotatable bonds is 6. The van der Waals surface area contributed by atoms with Crippen LogP contribution < -0.4 is 15.8 Å². The van der Waals surface area contributed by atoms with Crippen LogP contribution in [0.4, 0.5) is 0 Å². The minimum Gasteiger partial charge on any atom is -0.377 e. The van der Waals surface area contributed by atoms with Crippen molar-refractivity contribution in [2.45, 2.75) is 38.3 Å². The van der Waals surface area contributed by atoms with E-state index in [9.17, 15) is 13.2 Å². The zero-order chi connectivity index (χ0) is 15.9. The molecule has 2 fully saturated rings. The lowest BCUT2D eigenvalue weighted by Crippen LogP contribution is -2.80. The predicted molar refractivity (Wildman–Crippen MR) is 79.0 cm³/mol. The van der Waals surface area contributed by atoms with E-state index >= 15 is 0 Å². The Morgan fingerprint density at radius 2 is 2.05 bits per heavy atom. The van der Waals surface area contributed by atoms with Gasteiger partial charge in [-0.25, -0.2) is 13.1 Å². The fourth-order valence-electron chi connectivity index (χ4n) is 3.54. The van der Waals surface area contributed by atoms with Crippen molar-refractivity contribution in [1.29, 1.82) is 0 Å². The highest BCUT2D eigenvalue weighted by Gasteiger charge is 2.71. The standard InChI is InChI=1S/C13H25N3O4S/c1-12(2)10-9(5-8-20-10)13(12,14)11(17)15-6-4-7-16-21(3,18)19/h9-10,16H,4-8,14H2,1-3H3,(H,15,17). The summed E-state index contributed by atoms with van der Waals surface area (Å²) in [5.41, 5.74) is 5.10. The van der Waals surface area contributed by atoms with E-state index in [1.165, 1.54) is 0 Å². The topological polar surface area (TPSA) is 111 Å². The number of carbonyl (C=O) groups excluding carboxylic acids is 1. The number of nitrogens with one attached hydrogen (secondary N) is 2. The molecule has 0 radical (unpaired) electrons. The fourth-order valence-corrected chi connectivity index (χ4v) is 4.05. The number of carbonyl (C=O) groups is 1. The zero-order valence-corrected chi connectivity index (χ0v) is 13.6. The Labute approximate surface area is 126 Å². The zero-order valence-electron chi connectivity index (χ0n) is 12.8. The lowest BCUT2D eigenvalue weighted by Gasteiger charge is -2.60. The normalized spacial score (nSPS) is 34.1. The fraction of sp³-hybridized carbons (Fsp3) is 0.923. The first kappa shape index (κ1) is 16.7. The summed E-state index contributed by atoms with van der Waals surface area (Å²) in [6.45, 7) is 5.28. The molecule has 1 amide bonds. The Kier molecular flexibility index (Phi) is 4.36. The highest BCUT2D eigenvalue weighted by atomic mass is 32.2. The Hall–Kier alpha value is -0.700. The van der Waals surface area contributed by atoms with Crippen molar-refractivity contribution < 1.29 is 17.9 Å². The molecule has 1 saturated carbocycles. The monoisotopic (exact) mass is 319 g/mol. The van der Waals surface area contributed by atoms with Gasteiger partial charge in [0.25, 0.3) is 0 Å². The molecule has 3 unspecified atom stereocenters. The Morgan fingerprint density at radius 3 is 2.67 bits per heavy atom. The second-order valence-corrected chi connectivity index (χ2v) is 8.39. The van der Waals surface area contributed by atoms with Crippen LogP contribution in [0.25, 0.3) is 0 Å². The van der Waals surface area contributed by atoms with Crippen LogP contribution in [0.15, 0.2) is 0 Å². The van der Waals surface area contributed by atoms with Gasteiger partial charge >= 0.3 is 0 Å². The van der Waals surface area contributed by atoms with E-state index in [0.29, 0.717) is 26.1 Å². The largest absolute Gasteiger partial charge is 0.377 e. The SMILES string of the molecule is CC1(C)C2OCCC2C1(N)C(=O)NCCCNS(C)(=O)=O. The van der Waals surface area contributed by atoms with E-state index < -0.39 is 15.6 Å². The Bertz CT molecular complexity index is 520. The summed E-state index contributed by atoms with van der Waals surface area (Å²) in [4.78, 5) is 12.4. The maximum atomic E-state index is 12.4. The van der Waals surface area contributed by atoms with Gasteiger partial charge in [0.15, 0.2) is 0 Å². The van der Waals surface area contributed by atoms with Gasteiger partial charge in [0.1, 0.15) is 5.54 Å². The first-order chi connectivity index (χ1) is 9.61. The molecule has 0 aromatic heterocycles. The van der Waals surface area contributed by atoms with E-state index in [1.54, 1.807) is 0 Å². The molecule has 122 valence electrons. The summed E-state index contributed by atoms with van der Waals surface area (Å²) in [5.74, 6) is -0.0970. The summed E-state index contributed by atoms with van der Waals surface area (Å²) in [6.07, 6.45) is 2.51. The average Bonchev–Trinajstić information content (AvgIpc) is 2.83. The van der Waals surface area contributed by atoms with Crippen molar-refractivity contribution in [1.82, 2.24) is 10.0 Å². The third-order valence-corrected chi connectivity index (χ3v) is 5.56. The highest BCUT2D eigenvalue weighted by Crippen LogP contribution is 2.58. The lowest BCUT2D eigenvalue weighted by atomic mass is 9.48. The van der Waals surface area contributed by atoms with E-state index in [4.69, 9.17) is 10.5 Å². The third kappa shape index (κ3) is 2.81. The van der Waals surface area contributed by atoms with Gasteiger partial charge in [-0.05, 0) is 12.8 Å². The molecule has 3 atom stereocenters. The smallest absolute Gasteiger partial charge is 0.241 e. The van der Waals surface area contributed by atoms with Crippen LogP contribution in [0.2, 0.25) is 0 Å². The predicted octanol–water partition coefficient (Wildman–Crippen LogP) is -0.816. The summed E-state index contributed by atoms with van der Waals surface area (Å²) < 4.78 is 29.9. The van der Waals surface area contributed by atoms with E-state index in [1.807, 2.05) is 13.8 Å². The number of sulfonamides is 1. The van der Waals surface area contributed by atoms with Crippen molar-refractivity contribution in [2.75, 3.05) is 26.0 Å². The van der Waals surface area contributed by atoms with Crippen molar-refractivity contribution in [3.8, 4) is 0 Å². The van der Waals surface area contributed by atoms with Crippen LogP contribution in [0, 0.1) is 11.3 Å². The van der Waals surface area contributed by atoms with Crippen LogP contribution in [-0.4, -0.2) is 51.9 Å². The molecule has 1 saturated heterocycles. The number of fused-ring (bicyclic) bond motifs is 1. The van der Waals surface area contributed by atoms with Crippen molar-refractivity contribution in [3.05, 3.63) is 0 Å². The number of nitrogens with two attached hydrogens (primary N) is 1. The molecule has 0 aromatic carbocycles. The molecular weight excluding hydrogens is 294 g/mol. The van der Waals surface area contributed by atoms with Gasteiger partial charge in [-0.15, -0.1) is 0 Å². The van der Waals surface area contributed by atoms with Gasteiger partial charge < -0.3 is 15.8 Å². The number of ether oxygens (including phenoxy) is 1. The van der Waals surface area contributed by atoms with Gasteiger partial charge in [0, 0.05) is 31.0 Å². The van der Waals surface area contributed by atoms with Gasteiger partial charge in [0.2, 0.25) is 15.9 Å². The van der Waals surface area contributed by atoms with Gasteiger partial charge in [0.05, 0.1) is 12.4 Å². The first-order valence-electron chi connectivity index (χ1n) is 7.24. The molecule has 7 nitrogen and oxygen atoms in total. The summed E-state index contributed by atoms with van der Waals surface area (Å²) >= 11 is 0. The Morgan fingerprint density at radius 1 is 1.38 bits per heavy atom. The average molecular weight is 319 g/mol. The molecule has 0 spiro atoms. The highest BCUT2D eigenvalue weighted by molar-refractivity contribution is 7.88. The maximum absolute atomic E-state index is 12.4. The molecule has 1 aliphatic carbocycles. The molecule has 1 heterocycles. The van der Waals surface area contributed by atoms with Crippen molar-refractivity contribution in [2.24, 2.45) is 17.1 Å². The van der Waals surface area contributed by atoms with Crippen LogP contribution in [-0.2, 0) is 19.6 Å². The molecule has 0 aromatic rings. The number of hydrogen-bond acceptors (Lipinski definition) is 5. The first-order valence-corrected chi connectivity index (χ1v) is 9.13. The quantitative estimate of drug-likeness (QED) is 0.554. The van der Waals surface area contributed by atoms with Crippen LogP contribution in [0.5, 0.6) is 0 Å². The van der Waals surface area contributed by atoms with Gasteiger partial charge in [-0.3, -0.25) is 4.79 Å². The number of hydrogen-bond donors (Lipinski definition) is 3. The van der Waals surface area contributed by atoms with Gasteiger partial charge in [-0.2, -0.15) is 0 Å². The van der Waals surface area contributed by atoms with Crippen molar-refractivity contribution >= 4 is 15.9 Å². The third-order valence-electron chi connectivity index (χ3n) is 4.83. The number of amides is 1. The maximum Gasteiger partial charge on any atom is 0.241 e. The van der Waals surface area contributed by atoms with Crippen LogP contribution in [0.3, 0.4) is 0 Å². The molecule has 1 aliphatic heterocycles. The van der Waals surface area contributed by atoms with Crippen molar-refractivity contribution in [3.63, 3.8) is 0 Å². The summed E-state index contributed by atoms with van der Waals surface area (Å²) in [6, 6.07) is 0. The van der Waals surface area contributed by atoms with Crippen LogP contribution in [0.1, 0.15) is 26.7 Å². The molecule has 2 aliphatic rings. The second-order valence-electron chi connectivity index (χ2n) is 6.55. The lowest BCUT2D eigenvalue weighted by molar-refractivity contribution is -0.175. The molecule has 0 bridgehead atoms. The molecule has 4 N–H and O–H groups in total. The van der Waals surface area contributed by atoms with E-state index in [2.05, 4.69) is 10.0 Å². The van der Waals surface area contributed by atoms with E-state index in [0.717, 1.165) is 12.7 Å². The Balaban J connectivity index is 1.83. The summed E-state index contributed by atoms with van der Waals surface area (Å²) in [7, 11) is -3.18.